The monoisotopic (exact) mass is 219 g/mol. The summed E-state index contributed by atoms with van der Waals surface area (Å²) in [6, 6.07) is 7.57. The fourth-order valence-electron chi connectivity index (χ4n) is 2.05. The Balaban J connectivity index is 2.16. The molecule has 2 N–H and O–H groups in total. The highest BCUT2D eigenvalue weighted by Gasteiger charge is 2.32. The van der Waals surface area contributed by atoms with Gasteiger partial charge in [-0.2, -0.15) is 0 Å². The van der Waals surface area contributed by atoms with Gasteiger partial charge in [-0.3, -0.25) is 4.79 Å². The number of nitrogen functional groups attached to an aromatic ring is 1. The van der Waals surface area contributed by atoms with E-state index in [2.05, 4.69) is 0 Å². The van der Waals surface area contributed by atoms with E-state index in [0.717, 1.165) is 24.3 Å². The van der Waals surface area contributed by atoms with Crippen molar-refractivity contribution in [2.45, 2.75) is 12.5 Å². The van der Waals surface area contributed by atoms with Gasteiger partial charge in [0.15, 0.2) is 0 Å². The summed E-state index contributed by atoms with van der Waals surface area (Å²) in [6.45, 7) is 0.836. The molecule has 0 aliphatic carbocycles. The topological polar surface area (TPSA) is 49.6 Å². The van der Waals surface area contributed by atoms with Gasteiger partial charge in [-0.05, 0) is 30.7 Å². The molecule has 1 aromatic rings. The predicted octanol–water partition coefficient (Wildman–Crippen LogP) is 0.936. The van der Waals surface area contributed by atoms with Crippen LogP contribution in [-0.2, 0) is 4.79 Å². The minimum Gasteiger partial charge on any atom is -0.399 e. The maximum Gasteiger partial charge on any atom is 0.245 e. The fraction of sp³-hybridized carbons (Fsp3) is 0.417. The second-order valence-corrected chi connectivity index (χ2v) is 4.27. The number of nitrogens with two attached hydrogens (primary N) is 1. The van der Waals surface area contributed by atoms with Crippen LogP contribution in [0.1, 0.15) is 6.42 Å². The molecular weight excluding hydrogens is 202 g/mol. The van der Waals surface area contributed by atoms with Crippen molar-refractivity contribution in [1.82, 2.24) is 4.90 Å². The summed E-state index contributed by atoms with van der Waals surface area (Å²) >= 11 is 0. The van der Waals surface area contributed by atoms with Crippen LogP contribution >= 0.6 is 0 Å². The number of amides is 1. The summed E-state index contributed by atoms with van der Waals surface area (Å²) in [5.41, 5.74) is 7.41. The second kappa shape index (κ2) is 4.04. The van der Waals surface area contributed by atoms with Gasteiger partial charge in [-0.25, -0.2) is 0 Å². The number of anilines is 2. The molecule has 4 nitrogen and oxygen atoms in total. The van der Waals surface area contributed by atoms with Gasteiger partial charge in [0, 0.05) is 32.0 Å². The fourth-order valence-corrected chi connectivity index (χ4v) is 2.05. The van der Waals surface area contributed by atoms with Crippen LogP contribution in [0.5, 0.6) is 0 Å². The normalized spacial score (nSPS) is 20.2. The van der Waals surface area contributed by atoms with E-state index in [1.165, 1.54) is 0 Å². The zero-order valence-electron chi connectivity index (χ0n) is 9.68. The maximum atomic E-state index is 11.8. The van der Waals surface area contributed by atoms with Crippen molar-refractivity contribution in [3.8, 4) is 0 Å². The number of nitrogens with zero attached hydrogens (tertiary/aromatic N) is 2. The van der Waals surface area contributed by atoms with Crippen LogP contribution < -0.4 is 10.6 Å². The average molecular weight is 219 g/mol. The molecule has 86 valence electrons. The van der Waals surface area contributed by atoms with Crippen molar-refractivity contribution in [2.24, 2.45) is 0 Å². The maximum absolute atomic E-state index is 11.8. The van der Waals surface area contributed by atoms with E-state index in [9.17, 15) is 4.79 Å². The highest BCUT2D eigenvalue weighted by molar-refractivity contribution is 5.87. The molecular formula is C12H17N3O. The van der Waals surface area contributed by atoms with Crippen molar-refractivity contribution >= 4 is 17.3 Å². The molecule has 1 fully saturated rings. The van der Waals surface area contributed by atoms with Gasteiger partial charge < -0.3 is 15.5 Å². The summed E-state index contributed by atoms with van der Waals surface area (Å²) < 4.78 is 0. The van der Waals surface area contributed by atoms with Gasteiger partial charge in [0.2, 0.25) is 5.91 Å². The highest BCUT2D eigenvalue weighted by atomic mass is 16.2. The Morgan fingerprint density at radius 3 is 2.50 bits per heavy atom. The molecule has 1 heterocycles. The van der Waals surface area contributed by atoms with Crippen LogP contribution in [0.4, 0.5) is 11.4 Å². The molecule has 1 unspecified atom stereocenters. The molecule has 0 radical (unpaired) electrons. The summed E-state index contributed by atoms with van der Waals surface area (Å²) in [7, 11) is 3.80. The minimum absolute atomic E-state index is 0.0337. The van der Waals surface area contributed by atoms with Gasteiger partial charge in [-0.15, -0.1) is 0 Å². The van der Waals surface area contributed by atoms with Crippen molar-refractivity contribution in [2.75, 3.05) is 31.3 Å². The Labute approximate surface area is 95.6 Å². The number of likely N-dealkylation sites (N-methyl/N-ethyl adjacent to an activating group) is 2. The van der Waals surface area contributed by atoms with E-state index in [1.807, 2.05) is 43.3 Å². The first-order chi connectivity index (χ1) is 7.59. The minimum atomic E-state index is -0.0337. The standard InChI is InChI=1S/C12H17N3O/c1-14-8-7-11(12(14)16)15(2)10-5-3-9(13)4-6-10/h3-6,11H,7-8,13H2,1-2H3. The number of benzene rings is 1. The quantitative estimate of drug-likeness (QED) is 0.753. The molecule has 1 amide bonds. The average Bonchev–Trinajstić information content (AvgIpc) is 2.60. The lowest BCUT2D eigenvalue weighted by atomic mass is 10.2. The van der Waals surface area contributed by atoms with E-state index in [1.54, 1.807) is 4.90 Å². The third-order valence-corrected chi connectivity index (χ3v) is 3.17. The smallest absolute Gasteiger partial charge is 0.245 e. The molecule has 4 heteroatoms. The van der Waals surface area contributed by atoms with Crippen molar-refractivity contribution in [1.29, 1.82) is 0 Å². The van der Waals surface area contributed by atoms with Gasteiger partial charge in [0.25, 0.3) is 0 Å². The van der Waals surface area contributed by atoms with Gasteiger partial charge in [0.05, 0.1) is 0 Å². The van der Waals surface area contributed by atoms with E-state index in [0.29, 0.717) is 0 Å². The molecule has 1 aliphatic heterocycles. The first-order valence-electron chi connectivity index (χ1n) is 5.43. The van der Waals surface area contributed by atoms with Gasteiger partial charge >= 0.3 is 0 Å². The first kappa shape index (κ1) is 10.8. The summed E-state index contributed by atoms with van der Waals surface area (Å²) in [4.78, 5) is 15.6. The molecule has 0 aromatic heterocycles. The molecule has 0 spiro atoms. The van der Waals surface area contributed by atoms with Gasteiger partial charge in [0.1, 0.15) is 6.04 Å². The first-order valence-corrected chi connectivity index (χ1v) is 5.43. The lowest BCUT2D eigenvalue weighted by Gasteiger charge is -2.25. The van der Waals surface area contributed by atoms with Crippen LogP contribution in [0, 0.1) is 0 Å². The molecule has 1 atom stereocenters. The molecule has 16 heavy (non-hydrogen) atoms. The summed E-state index contributed by atoms with van der Waals surface area (Å²) in [5.74, 6) is 0.194. The number of carbonyl (C=O) groups is 1. The lowest BCUT2D eigenvalue weighted by Crippen LogP contribution is -2.38. The molecule has 1 aromatic carbocycles. The van der Waals surface area contributed by atoms with Crippen molar-refractivity contribution in [3.63, 3.8) is 0 Å². The zero-order valence-corrected chi connectivity index (χ0v) is 9.68. The Kier molecular flexibility index (Phi) is 2.73. The highest BCUT2D eigenvalue weighted by Crippen LogP contribution is 2.22. The van der Waals surface area contributed by atoms with Crippen LogP contribution in [0.3, 0.4) is 0 Å². The predicted molar refractivity (Wildman–Crippen MR) is 65.3 cm³/mol. The SMILES string of the molecule is CN1CCC(N(C)c2ccc(N)cc2)C1=O. The van der Waals surface area contributed by atoms with Crippen molar-refractivity contribution in [3.05, 3.63) is 24.3 Å². The van der Waals surface area contributed by atoms with Crippen LogP contribution in [0.2, 0.25) is 0 Å². The molecule has 1 aliphatic rings. The number of hydrogen-bond acceptors (Lipinski definition) is 3. The van der Waals surface area contributed by atoms with Crippen LogP contribution in [-0.4, -0.2) is 37.5 Å². The molecule has 0 saturated carbocycles. The Bertz CT molecular complexity index is 388. The molecule has 0 bridgehead atoms. The van der Waals surface area contributed by atoms with E-state index in [4.69, 9.17) is 5.73 Å². The lowest BCUT2D eigenvalue weighted by molar-refractivity contribution is -0.127. The van der Waals surface area contributed by atoms with Crippen LogP contribution in [0.25, 0.3) is 0 Å². The Morgan fingerprint density at radius 2 is 2.00 bits per heavy atom. The second-order valence-electron chi connectivity index (χ2n) is 4.27. The summed E-state index contributed by atoms with van der Waals surface area (Å²) in [6.07, 6.45) is 0.885. The van der Waals surface area contributed by atoms with Crippen molar-refractivity contribution < 1.29 is 4.79 Å². The van der Waals surface area contributed by atoms with Crippen LogP contribution in [0.15, 0.2) is 24.3 Å². The van der Waals surface area contributed by atoms with Gasteiger partial charge in [-0.1, -0.05) is 0 Å². The molecule has 1 saturated heterocycles. The summed E-state index contributed by atoms with van der Waals surface area (Å²) in [5, 5.41) is 0. The van der Waals surface area contributed by atoms with E-state index < -0.39 is 0 Å². The number of likely N-dealkylation sites (tertiary alicyclic amines) is 1. The third kappa shape index (κ3) is 1.83. The third-order valence-electron chi connectivity index (χ3n) is 3.17. The largest absolute Gasteiger partial charge is 0.399 e. The number of rotatable bonds is 2. The number of hydrogen-bond donors (Lipinski definition) is 1. The molecule has 2 rings (SSSR count). The zero-order chi connectivity index (χ0) is 11.7. The van der Waals surface area contributed by atoms with E-state index >= 15 is 0 Å². The van der Waals surface area contributed by atoms with E-state index in [-0.39, 0.29) is 11.9 Å². The Morgan fingerprint density at radius 1 is 1.38 bits per heavy atom. The number of carbonyl (C=O) groups excluding carboxylic acids is 1. The Hall–Kier alpha value is -1.71.